The summed E-state index contributed by atoms with van der Waals surface area (Å²) in [5.41, 5.74) is 1.36. The standard InChI is InChI=1S/C19H15Cl2NO/c1-12(14-9-4-7-13-6-2-3-8-15(13)14)22-19(23)18-16(20)10-5-11-17(18)21/h2-12H,1H3,(H,22,23). The van der Waals surface area contributed by atoms with E-state index in [4.69, 9.17) is 23.2 Å². The summed E-state index contributed by atoms with van der Waals surface area (Å²) < 4.78 is 0. The van der Waals surface area contributed by atoms with Crippen LogP contribution >= 0.6 is 23.2 Å². The average molecular weight is 344 g/mol. The van der Waals surface area contributed by atoms with Crippen molar-refractivity contribution >= 4 is 39.9 Å². The second-order valence-corrected chi connectivity index (χ2v) is 6.17. The molecule has 0 bridgehead atoms. The first-order valence-corrected chi connectivity index (χ1v) is 8.06. The molecule has 3 aromatic rings. The molecule has 3 rings (SSSR count). The molecule has 0 aliphatic heterocycles. The summed E-state index contributed by atoms with van der Waals surface area (Å²) in [5, 5.41) is 5.93. The SMILES string of the molecule is CC(NC(=O)c1c(Cl)cccc1Cl)c1cccc2ccccc12. The zero-order valence-electron chi connectivity index (χ0n) is 12.5. The van der Waals surface area contributed by atoms with Crippen molar-refractivity contribution in [2.75, 3.05) is 0 Å². The maximum Gasteiger partial charge on any atom is 0.254 e. The lowest BCUT2D eigenvalue weighted by Crippen LogP contribution is -2.27. The van der Waals surface area contributed by atoms with Crippen LogP contribution in [0.25, 0.3) is 10.8 Å². The van der Waals surface area contributed by atoms with Crippen LogP contribution in [0.15, 0.2) is 60.7 Å². The van der Waals surface area contributed by atoms with Crippen molar-refractivity contribution in [3.63, 3.8) is 0 Å². The lowest BCUT2D eigenvalue weighted by Gasteiger charge is -2.17. The first-order valence-electron chi connectivity index (χ1n) is 7.30. The highest BCUT2D eigenvalue weighted by Crippen LogP contribution is 2.27. The summed E-state index contributed by atoms with van der Waals surface area (Å²) in [7, 11) is 0. The number of carbonyl (C=O) groups is 1. The maximum atomic E-state index is 12.5. The third kappa shape index (κ3) is 3.19. The number of fused-ring (bicyclic) bond motifs is 1. The van der Waals surface area contributed by atoms with Crippen LogP contribution in [-0.4, -0.2) is 5.91 Å². The number of benzene rings is 3. The van der Waals surface area contributed by atoms with Crippen LogP contribution in [0.3, 0.4) is 0 Å². The van der Waals surface area contributed by atoms with E-state index in [0.717, 1.165) is 16.3 Å². The van der Waals surface area contributed by atoms with Gasteiger partial charge in [-0.3, -0.25) is 4.79 Å². The molecule has 0 fully saturated rings. The quantitative estimate of drug-likeness (QED) is 0.655. The summed E-state index contributed by atoms with van der Waals surface area (Å²) in [6.07, 6.45) is 0. The molecule has 0 aromatic heterocycles. The van der Waals surface area contributed by atoms with Gasteiger partial charge >= 0.3 is 0 Å². The Balaban J connectivity index is 1.92. The molecule has 0 aliphatic carbocycles. The van der Waals surface area contributed by atoms with Crippen LogP contribution in [0, 0.1) is 0 Å². The highest BCUT2D eigenvalue weighted by molar-refractivity contribution is 6.39. The summed E-state index contributed by atoms with van der Waals surface area (Å²) in [6.45, 7) is 1.95. The fourth-order valence-corrected chi connectivity index (χ4v) is 3.26. The molecule has 116 valence electrons. The van der Waals surface area contributed by atoms with Gasteiger partial charge < -0.3 is 5.32 Å². The minimum absolute atomic E-state index is 0.166. The molecule has 0 spiro atoms. The van der Waals surface area contributed by atoms with E-state index in [1.54, 1.807) is 18.2 Å². The topological polar surface area (TPSA) is 29.1 Å². The van der Waals surface area contributed by atoms with Crippen molar-refractivity contribution in [3.8, 4) is 0 Å². The van der Waals surface area contributed by atoms with Gasteiger partial charge in [-0.05, 0) is 35.4 Å². The van der Waals surface area contributed by atoms with Gasteiger partial charge in [-0.2, -0.15) is 0 Å². The van der Waals surface area contributed by atoms with E-state index in [2.05, 4.69) is 23.5 Å². The van der Waals surface area contributed by atoms with Gasteiger partial charge in [0.15, 0.2) is 0 Å². The summed E-state index contributed by atoms with van der Waals surface area (Å²) in [4.78, 5) is 12.5. The van der Waals surface area contributed by atoms with Gasteiger partial charge in [0, 0.05) is 0 Å². The zero-order chi connectivity index (χ0) is 16.4. The van der Waals surface area contributed by atoms with Crippen molar-refractivity contribution in [2.24, 2.45) is 0 Å². The molecule has 4 heteroatoms. The van der Waals surface area contributed by atoms with E-state index in [1.807, 2.05) is 31.2 Å². The molecule has 0 aliphatic rings. The van der Waals surface area contributed by atoms with Crippen molar-refractivity contribution < 1.29 is 4.79 Å². The van der Waals surface area contributed by atoms with Crippen molar-refractivity contribution in [1.29, 1.82) is 0 Å². The van der Waals surface area contributed by atoms with Gasteiger partial charge in [-0.15, -0.1) is 0 Å². The van der Waals surface area contributed by atoms with Gasteiger partial charge in [-0.25, -0.2) is 0 Å². The minimum atomic E-state index is -0.277. The molecule has 1 amide bonds. The highest BCUT2D eigenvalue weighted by Gasteiger charge is 2.18. The zero-order valence-corrected chi connectivity index (χ0v) is 14.0. The van der Waals surface area contributed by atoms with E-state index in [9.17, 15) is 4.79 Å². The average Bonchev–Trinajstić information content (AvgIpc) is 2.54. The van der Waals surface area contributed by atoms with E-state index >= 15 is 0 Å². The van der Waals surface area contributed by atoms with Crippen LogP contribution in [-0.2, 0) is 0 Å². The molecular weight excluding hydrogens is 329 g/mol. The molecule has 23 heavy (non-hydrogen) atoms. The summed E-state index contributed by atoms with van der Waals surface area (Å²) in [5.74, 6) is -0.277. The Morgan fingerprint density at radius 3 is 2.26 bits per heavy atom. The number of halogens is 2. The Labute approximate surface area is 145 Å². The van der Waals surface area contributed by atoms with E-state index < -0.39 is 0 Å². The lowest BCUT2D eigenvalue weighted by molar-refractivity contribution is 0.0940. The molecule has 0 radical (unpaired) electrons. The van der Waals surface area contributed by atoms with Crippen molar-refractivity contribution in [1.82, 2.24) is 5.32 Å². The molecule has 1 atom stereocenters. The molecule has 0 saturated carbocycles. The van der Waals surface area contributed by atoms with Crippen molar-refractivity contribution in [2.45, 2.75) is 13.0 Å². The number of hydrogen-bond acceptors (Lipinski definition) is 1. The Kier molecular flexibility index (Phi) is 4.56. The van der Waals surface area contributed by atoms with Gasteiger partial charge in [-0.1, -0.05) is 71.7 Å². The first-order chi connectivity index (χ1) is 11.1. The monoisotopic (exact) mass is 343 g/mol. The normalized spacial score (nSPS) is 12.1. The second kappa shape index (κ2) is 6.61. The van der Waals surface area contributed by atoms with Crippen LogP contribution in [0.1, 0.15) is 28.9 Å². The third-order valence-corrected chi connectivity index (χ3v) is 4.46. The third-order valence-electron chi connectivity index (χ3n) is 3.83. The second-order valence-electron chi connectivity index (χ2n) is 5.36. The van der Waals surface area contributed by atoms with Gasteiger partial charge in [0.1, 0.15) is 0 Å². The Bertz CT molecular complexity index is 851. The molecule has 0 saturated heterocycles. The Morgan fingerprint density at radius 2 is 1.52 bits per heavy atom. The Morgan fingerprint density at radius 1 is 0.913 bits per heavy atom. The number of carbonyl (C=O) groups excluding carboxylic acids is 1. The van der Waals surface area contributed by atoms with Crippen LogP contribution < -0.4 is 5.32 Å². The summed E-state index contributed by atoms with van der Waals surface area (Å²) >= 11 is 12.2. The largest absolute Gasteiger partial charge is 0.345 e. The predicted octanol–water partition coefficient (Wildman–Crippen LogP) is 5.64. The molecule has 2 nitrogen and oxygen atoms in total. The molecular formula is C19H15Cl2NO. The van der Waals surface area contributed by atoms with Gasteiger partial charge in [0.25, 0.3) is 5.91 Å². The van der Waals surface area contributed by atoms with Gasteiger partial charge in [0.2, 0.25) is 0 Å². The first kappa shape index (κ1) is 15.9. The van der Waals surface area contributed by atoms with Crippen LogP contribution in [0.4, 0.5) is 0 Å². The van der Waals surface area contributed by atoms with Crippen LogP contribution in [0.5, 0.6) is 0 Å². The lowest BCUT2D eigenvalue weighted by atomic mass is 9.99. The maximum absolute atomic E-state index is 12.5. The minimum Gasteiger partial charge on any atom is -0.345 e. The fraction of sp³-hybridized carbons (Fsp3) is 0.105. The van der Waals surface area contributed by atoms with E-state index in [-0.39, 0.29) is 11.9 Å². The summed E-state index contributed by atoms with van der Waals surface area (Å²) in [6, 6.07) is 19.0. The van der Waals surface area contributed by atoms with E-state index in [0.29, 0.717) is 15.6 Å². The molecule has 1 N–H and O–H groups in total. The highest BCUT2D eigenvalue weighted by atomic mass is 35.5. The fourth-order valence-electron chi connectivity index (χ4n) is 2.69. The predicted molar refractivity (Wildman–Crippen MR) is 96.3 cm³/mol. The smallest absolute Gasteiger partial charge is 0.254 e. The number of rotatable bonds is 3. The van der Waals surface area contributed by atoms with E-state index in [1.165, 1.54) is 0 Å². The number of amides is 1. The molecule has 0 heterocycles. The van der Waals surface area contributed by atoms with Crippen molar-refractivity contribution in [3.05, 3.63) is 81.8 Å². The van der Waals surface area contributed by atoms with Gasteiger partial charge in [0.05, 0.1) is 21.7 Å². The molecule has 3 aromatic carbocycles. The number of nitrogens with one attached hydrogen (secondary N) is 1. The van der Waals surface area contributed by atoms with Crippen LogP contribution in [0.2, 0.25) is 10.0 Å². The molecule has 1 unspecified atom stereocenters. The number of hydrogen-bond donors (Lipinski definition) is 1. The Hall–Kier alpha value is -2.03.